The number of hydrogen-bond acceptors (Lipinski definition) is 3. The van der Waals surface area contributed by atoms with Gasteiger partial charge in [0.05, 0.1) is 11.4 Å². The first-order valence-corrected chi connectivity index (χ1v) is 7.92. The summed E-state index contributed by atoms with van der Waals surface area (Å²) in [6.45, 7) is 6.44. The highest BCUT2D eigenvalue weighted by molar-refractivity contribution is 14.1. The number of aryl methyl sites for hydroxylation is 1. The molecule has 0 aliphatic heterocycles. The number of halogens is 1. The summed E-state index contributed by atoms with van der Waals surface area (Å²) in [7, 11) is 0. The third-order valence-corrected chi connectivity index (χ3v) is 3.80. The third-order valence-electron chi connectivity index (χ3n) is 2.89. The molecule has 5 heteroatoms. The summed E-state index contributed by atoms with van der Waals surface area (Å²) in [5.41, 5.74) is 2.16. The molecule has 4 nitrogen and oxygen atoms in total. The molecule has 0 fully saturated rings. The lowest BCUT2D eigenvalue weighted by Gasteiger charge is -2.11. The van der Waals surface area contributed by atoms with Gasteiger partial charge in [-0.15, -0.1) is 0 Å². The molecule has 20 heavy (non-hydrogen) atoms. The van der Waals surface area contributed by atoms with Crippen LogP contribution in [0.5, 0.6) is 0 Å². The molecule has 1 aromatic carbocycles. The first-order valence-electron chi connectivity index (χ1n) is 6.85. The van der Waals surface area contributed by atoms with Gasteiger partial charge in [0.15, 0.2) is 0 Å². The second-order valence-electron chi connectivity index (χ2n) is 4.50. The summed E-state index contributed by atoms with van der Waals surface area (Å²) in [4.78, 5) is 4.55. The molecule has 1 aromatic heterocycles. The van der Waals surface area contributed by atoms with Crippen molar-refractivity contribution in [2.45, 2.75) is 20.3 Å². The monoisotopic (exact) mass is 385 g/mol. The van der Waals surface area contributed by atoms with Gasteiger partial charge in [-0.05, 0) is 55.0 Å². The SMILES string of the molecule is CCOCCCNc1nc(C)cn1-c1ccccc1I. The zero-order chi connectivity index (χ0) is 14.4. The summed E-state index contributed by atoms with van der Waals surface area (Å²) < 4.78 is 8.66. The number of nitrogens with zero attached hydrogens (tertiary/aromatic N) is 2. The fourth-order valence-electron chi connectivity index (χ4n) is 1.97. The van der Waals surface area contributed by atoms with E-state index in [0.29, 0.717) is 0 Å². The minimum Gasteiger partial charge on any atom is -0.382 e. The maximum atomic E-state index is 5.34. The Morgan fingerprint density at radius 1 is 1.35 bits per heavy atom. The van der Waals surface area contributed by atoms with Crippen molar-refractivity contribution < 1.29 is 4.74 Å². The van der Waals surface area contributed by atoms with E-state index in [0.717, 1.165) is 43.5 Å². The molecule has 0 radical (unpaired) electrons. The van der Waals surface area contributed by atoms with Crippen LogP contribution >= 0.6 is 22.6 Å². The molecule has 2 aromatic rings. The molecule has 0 bridgehead atoms. The Kier molecular flexibility index (Phi) is 5.85. The topological polar surface area (TPSA) is 39.1 Å². The van der Waals surface area contributed by atoms with Crippen LogP contribution < -0.4 is 5.32 Å². The van der Waals surface area contributed by atoms with Crippen molar-refractivity contribution in [2.75, 3.05) is 25.1 Å². The zero-order valence-electron chi connectivity index (χ0n) is 11.9. The molecule has 1 heterocycles. The van der Waals surface area contributed by atoms with Gasteiger partial charge in [0, 0.05) is 29.5 Å². The number of aromatic nitrogens is 2. The average Bonchev–Trinajstić information content (AvgIpc) is 2.80. The van der Waals surface area contributed by atoms with Crippen LogP contribution in [0.2, 0.25) is 0 Å². The molecule has 0 amide bonds. The molecule has 0 aliphatic carbocycles. The minimum atomic E-state index is 0.774. The van der Waals surface area contributed by atoms with Gasteiger partial charge in [0.1, 0.15) is 0 Å². The van der Waals surface area contributed by atoms with E-state index >= 15 is 0 Å². The highest BCUT2D eigenvalue weighted by atomic mass is 127. The van der Waals surface area contributed by atoms with Gasteiger partial charge in [-0.25, -0.2) is 4.98 Å². The lowest BCUT2D eigenvalue weighted by atomic mass is 10.3. The van der Waals surface area contributed by atoms with E-state index in [1.165, 1.54) is 3.57 Å². The van der Waals surface area contributed by atoms with E-state index < -0.39 is 0 Å². The predicted octanol–water partition coefficient (Wildman–Crippen LogP) is 3.62. The highest BCUT2D eigenvalue weighted by Crippen LogP contribution is 2.21. The van der Waals surface area contributed by atoms with E-state index in [2.05, 4.69) is 55.8 Å². The number of rotatable bonds is 7. The second-order valence-corrected chi connectivity index (χ2v) is 5.67. The quantitative estimate of drug-likeness (QED) is 0.585. The number of anilines is 1. The Morgan fingerprint density at radius 2 is 2.15 bits per heavy atom. The van der Waals surface area contributed by atoms with Crippen LogP contribution in [-0.2, 0) is 4.74 Å². The largest absolute Gasteiger partial charge is 0.382 e. The maximum absolute atomic E-state index is 5.34. The average molecular weight is 385 g/mol. The molecule has 0 saturated heterocycles. The number of imidazole rings is 1. The van der Waals surface area contributed by atoms with Crippen LogP contribution in [0.4, 0.5) is 5.95 Å². The smallest absolute Gasteiger partial charge is 0.207 e. The lowest BCUT2D eigenvalue weighted by molar-refractivity contribution is 0.147. The Hall–Kier alpha value is -1.08. The number of hydrogen-bond donors (Lipinski definition) is 1. The van der Waals surface area contributed by atoms with Crippen molar-refractivity contribution in [2.24, 2.45) is 0 Å². The summed E-state index contributed by atoms with van der Waals surface area (Å²) in [5.74, 6) is 0.892. The zero-order valence-corrected chi connectivity index (χ0v) is 14.1. The molecule has 0 unspecified atom stereocenters. The van der Waals surface area contributed by atoms with Crippen molar-refractivity contribution in [3.63, 3.8) is 0 Å². The highest BCUT2D eigenvalue weighted by Gasteiger charge is 2.09. The molecule has 0 spiro atoms. The van der Waals surface area contributed by atoms with E-state index in [4.69, 9.17) is 4.74 Å². The maximum Gasteiger partial charge on any atom is 0.207 e. The number of nitrogens with one attached hydrogen (secondary N) is 1. The normalized spacial score (nSPS) is 10.8. The number of benzene rings is 1. The Bertz CT molecular complexity index is 554. The Labute approximate surface area is 133 Å². The van der Waals surface area contributed by atoms with Gasteiger partial charge in [0.2, 0.25) is 5.95 Å². The van der Waals surface area contributed by atoms with Crippen molar-refractivity contribution in [3.05, 3.63) is 39.7 Å². The molecular weight excluding hydrogens is 365 g/mol. The van der Waals surface area contributed by atoms with Crippen molar-refractivity contribution in [1.82, 2.24) is 9.55 Å². The van der Waals surface area contributed by atoms with E-state index in [1.54, 1.807) is 0 Å². The van der Waals surface area contributed by atoms with Crippen LogP contribution in [-0.4, -0.2) is 29.3 Å². The van der Waals surface area contributed by atoms with Crippen LogP contribution in [0.25, 0.3) is 5.69 Å². The summed E-state index contributed by atoms with van der Waals surface area (Å²) in [6, 6.07) is 8.30. The number of para-hydroxylation sites is 1. The van der Waals surface area contributed by atoms with Gasteiger partial charge >= 0.3 is 0 Å². The van der Waals surface area contributed by atoms with Gasteiger partial charge in [-0.2, -0.15) is 0 Å². The first kappa shape index (κ1) is 15.3. The molecule has 0 aliphatic rings. The van der Waals surface area contributed by atoms with Crippen LogP contribution in [0.3, 0.4) is 0 Å². The van der Waals surface area contributed by atoms with Crippen molar-refractivity contribution >= 4 is 28.5 Å². The Balaban J connectivity index is 2.09. The second kappa shape index (κ2) is 7.64. The molecule has 2 rings (SSSR count). The first-order chi connectivity index (χ1) is 9.72. The van der Waals surface area contributed by atoms with E-state index in [9.17, 15) is 0 Å². The Morgan fingerprint density at radius 3 is 2.90 bits per heavy atom. The lowest BCUT2D eigenvalue weighted by Crippen LogP contribution is -2.10. The fraction of sp³-hybridized carbons (Fsp3) is 0.400. The van der Waals surface area contributed by atoms with E-state index in [-0.39, 0.29) is 0 Å². The predicted molar refractivity (Wildman–Crippen MR) is 90.6 cm³/mol. The molecule has 108 valence electrons. The number of ether oxygens (including phenoxy) is 1. The molecular formula is C15H20IN3O. The van der Waals surface area contributed by atoms with Crippen molar-refractivity contribution in [1.29, 1.82) is 0 Å². The third kappa shape index (κ3) is 3.96. The summed E-state index contributed by atoms with van der Waals surface area (Å²) in [6.07, 6.45) is 3.04. The molecule has 0 atom stereocenters. The van der Waals surface area contributed by atoms with Gasteiger partial charge in [-0.3, -0.25) is 4.57 Å². The standard InChI is InChI=1S/C15H20IN3O/c1-3-20-10-6-9-17-15-18-12(2)11-19(15)14-8-5-4-7-13(14)16/h4-5,7-8,11H,3,6,9-10H2,1-2H3,(H,17,18). The summed E-state index contributed by atoms with van der Waals surface area (Å²) in [5, 5.41) is 3.39. The molecule has 1 N–H and O–H groups in total. The van der Waals surface area contributed by atoms with Gasteiger partial charge < -0.3 is 10.1 Å². The fourth-order valence-corrected chi connectivity index (χ4v) is 2.62. The molecule has 0 saturated carbocycles. The minimum absolute atomic E-state index is 0.774. The van der Waals surface area contributed by atoms with E-state index in [1.807, 2.05) is 26.0 Å². The van der Waals surface area contributed by atoms with Gasteiger partial charge in [0.25, 0.3) is 0 Å². The van der Waals surface area contributed by atoms with Crippen LogP contribution in [0.1, 0.15) is 19.0 Å². The van der Waals surface area contributed by atoms with Crippen LogP contribution in [0.15, 0.2) is 30.5 Å². The van der Waals surface area contributed by atoms with Crippen molar-refractivity contribution in [3.8, 4) is 5.69 Å². The van der Waals surface area contributed by atoms with Gasteiger partial charge in [-0.1, -0.05) is 12.1 Å². The van der Waals surface area contributed by atoms with Crippen LogP contribution in [0, 0.1) is 10.5 Å². The summed E-state index contributed by atoms with van der Waals surface area (Å²) >= 11 is 2.35.